The minimum atomic E-state index is -4.83. The minimum absolute atomic E-state index is 0.00469. The number of rotatable bonds is 3. The van der Waals surface area contributed by atoms with Gasteiger partial charge in [-0.15, -0.1) is 13.2 Å². The van der Waals surface area contributed by atoms with Crippen LogP contribution in [0.1, 0.15) is 45.6 Å². The van der Waals surface area contributed by atoms with Crippen LogP contribution in [0.2, 0.25) is 5.82 Å². The molecule has 0 aromatic heterocycles. The first kappa shape index (κ1) is 17.5. The zero-order valence-electron chi connectivity index (χ0n) is 13.9. The third kappa shape index (κ3) is 3.26. The van der Waals surface area contributed by atoms with Crippen molar-refractivity contribution >= 4 is 7.12 Å². The summed E-state index contributed by atoms with van der Waals surface area (Å²) in [6.07, 6.45) is -4.16. The summed E-state index contributed by atoms with van der Waals surface area (Å²) in [6, 6.07) is 3.24. The Morgan fingerprint density at radius 3 is 2.21 bits per heavy atom. The van der Waals surface area contributed by atoms with Crippen molar-refractivity contribution < 1.29 is 31.6 Å². The Balaban J connectivity index is 1.70. The molecule has 24 heavy (non-hydrogen) atoms. The van der Waals surface area contributed by atoms with E-state index in [-0.39, 0.29) is 11.7 Å². The Labute approximate surface area is 138 Å². The lowest BCUT2D eigenvalue weighted by Gasteiger charge is -2.32. The predicted octanol–water partition coefficient (Wildman–Crippen LogP) is 4.67. The van der Waals surface area contributed by atoms with Crippen LogP contribution in [-0.4, -0.2) is 24.7 Å². The van der Waals surface area contributed by atoms with Crippen molar-refractivity contribution in [2.45, 2.75) is 63.4 Å². The molecule has 1 aromatic rings. The van der Waals surface area contributed by atoms with Gasteiger partial charge in [0.15, 0.2) is 0 Å². The third-order valence-corrected chi connectivity index (χ3v) is 5.07. The minimum Gasteiger partial charge on any atom is -0.406 e. The van der Waals surface area contributed by atoms with Crippen molar-refractivity contribution in [3.05, 3.63) is 29.6 Å². The lowest BCUT2D eigenvalue weighted by atomic mass is 9.79. The summed E-state index contributed by atoms with van der Waals surface area (Å²) in [6.45, 7) is 7.75. The molecule has 8 heteroatoms. The molecule has 0 radical (unpaired) electrons. The van der Waals surface area contributed by atoms with Crippen molar-refractivity contribution in [1.82, 2.24) is 0 Å². The van der Waals surface area contributed by atoms with Crippen LogP contribution in [0, 0.1) is 5.82 Å². The molecule has 0 unspecified atom stereocenters. The van der Waals surface area contributed by atoms with Crippen LogP contribution >= 0.6 is 0 Å². The van der Waals surface area contributed by atoms with Crippen LogP contribution < -0.4 is 4.74 Å². The van der Waals surface area contributed by atoms with Gasteiger partial charge in [-0.1, -0.05) is 6.07 Å². The van der Waals surface area contributed by atoms with Gasteiger partial charge >= 0.3 is 13.5 Å². The highest BCUT2D eigenvalue weighted by atomic mass is 19.4. The molecule has 0 amide bonds. The van der Waals surface area contributed by atoms with Crippen molar-refractivity contribution in [1.29, 1.82) is 0 Å². The summed E-state index contributed by atoms with van der Waals surface area (Å²) < 4.78 is 66.3. The molecule has 2 fully saturated rings. The van der Waals surface area contributed by atoms with Crippen molar-refractivity contribution in [2.24, 2.45) is 0 Å². The van der Waals surface area contributed by atoms with E-state index in [1.165, 1.54) is 6.07 Å². The molecule has 0 bridgehead atoms. The van der Waals surface area contributed by atoms with Crippen LogP contribution in [0.15, 0.2) is 18.2 Å². The molecule has 2 atom stereocenters. The van der Waals surface area contributed by atoms with Crippen molar-refractivity contribution in [2.75, 3.05) is 0 Å². The number of halogens is 4. The fraction of sp³-hybridized carbons (Fsp3) is 0.625. The molecule has 0 N–H and O–H groups in total. The zero-order chi connectivity index (χ0) is 17.9. The number of hydrogen-bond acceptors (Lipinski definition) is 3. The number of benzene rings is 1. The average molecular weight is 346 g/mol. The monoisotopic (exact) mass is 346 g/mol. The maximum Gasteiger partial charge on any atom is 0.573 e. The lowest BCUT2D eigenvalue weighted by molar-refractivity contribution is -0.274. The molecule has 1 aromatic carbocycles. The zero-order valence-corrected chi connectivity index (χ0v) is 13.9. The average Bonchev–Trinajstić information content (AvgIpc) is 3.11. The van der Waals surface area contributed by atoms with Gasteiger partial charge in [-0.25, -0.2) is 4.39 Å². The third-order valence-electron chi connectivity index (χ3n) is 5.07. The Morgan fingerprint density at radius 2 is 1.71 bits per heavy atom. The van der Waals surface area contributed by atoms with Gasteiger partial charge in [-0.05, 0) is 51.7 Å². The maximum absolute atomic E-state index is 14.2. The predicted molar refractivity (Wildman–Crippen MR) is 80.3 cm³/mol. The van der Waals surface area contributed by atoms with E-state index in [0.717, 1.165) is 12.1 Å². The van der Waals surface area contributed by atoms with Crippen LogP contribution in [0.3, 0.4) is 0 Å². The first-order chi connectivity index (χ1) is 10.9. The van der Waals surface area contributed by atoms with E-state index in [1.54, 1.807) is 0 Å². The number of ether oxygens (including phenoxy) is 1. The van der Waals surface area contributed by atoms with Gasteiger partial charge in [-0.2, -0.15) is 0 Å². The first-order valence-electron chi connectivity index (χ1n) is 7.80. The second kappa shape index (κ2) is 5.36. The normalized spacial score (nSPS) is 28.1. The Hall–Kier alpha value is -1.28. The SMILES string of the molecule is CC1(C)OB([C@H]2C[C@@H]2c2ccc(OC(F)(F)F)cc2F)OC1(C)C. The van der Waals surface area contributed by atoms with Gasteiger partial charge in [0.05, 0.1) is 11.2 Å². The van der Waals surface area contributed by atoms with Crippen LogP contribution in [0.25, 0.3) is 0 Å². The van der Waals surface area contributed by atoms with E-state index in [4.69, 9.17) is 9.31 Å². The summed E-state index contributed by atoms with van der Waals surface area (Å²) in [5, 5.41) is 0. The van der Waals surface area contributed by atoms with Crippen molar-refractivity contribution in [3.63, 3.8) is 0 Å². The smallest absolute Gasteiger partial charge is 0.406 e. The molecule has 1 saturated heterocycles. The highest BCUT2D eigenvalue weighted by Crippen LogP contribution is 2.59. The fourth-order valence-electron chi connectivity index (χ4n) is 2.94. The van der Waals surface area contributed by atoms with Crippen LogP contribution in [0.5, 0.6) is 5.75 Å². The standard InChI is InChI=1S/C16H19BF4O3/c1-14(2)15(3,4)24-17(23-14)12-8-11(12)10-6-5-9(7-13(10)18)22-16(19,20)21/h5-7,11-12H,8H2,1-4H3/t11-,12+/m1/s1. The van der Waals surface area contributed by atoms with Gasteiger partial charge in [-0.3, -0.25) is 0 Å². The highest BCUT2D eigenvalue weighted by Gasteiger charge is 2.60. The van der Waals surface area contributed by atoms with E-state index in [2.05, 4.69) is 4.74 Å². The van der Waals surface area contributed by atoms with Gasteiger partial charge in [0, 0.05) is 11.9 Å². The first-order valence-corrected chi connectivity index (χ1v) is 7.80. The molecule has 1 aliphatic heterocycles. The topological polar surface area (TPSA) is 27.7 Å². The van der Waals surface area contributed by atoms with Gasteiger partial charge in [0.25, 0.3) is 0 Å². The Kier molecular flexibility index (Phi) is 3.92. The number of alkyl halides is 3. The number of hydrogen-bond donors (Lipinski definition) is 0. The quantitative estimate of drug-likeness (QED) is 0.588. The van der Waals surface area contributed by atoms with Crippen LogP contribution in [-0.2, 0) is 9.31 Å². The second-order valence-corrected chi connectivity index (χ2v) is 7.36. The van der Waals surface area contributed by atoms with E-state index >= 15 is 0 Å². The largest absolute Gasteiger partial charge is 0.573 e. The summed E-state index contributed by atoms with van der Waals surface area (Å²) in [5.41, 5.74) is -0.564. The highest BCUT2D eigenvalue weighted by molar-refractivity contribution is 6.49. The molecule has 0 spiro atoms. The molecule has 3 nitrogen and oxygen atoms in total. The lowest BCUT2D eigenvalue weighted by Crippen LogP contribution is -2.41. The summed E-state index contributed by atoms with van der Waals surface area (Å²) in [7, 11) is -0.439. The van der Waals surface area contributed by atoms with E-state index < -0.39 is 36.2 Å². The molecule has 1 saturated carbocycles. The molecule has 3 rings (SSSR count). The summed E-state index contributed by atoms with van der Waals surface area (Å²) >= 11 is 0. The molecule has 2 aliphatic rings. The Bertz CT molecular complexity index is 629. The summed E-state index contributed by atoms with van der Waals surface area (Å²) in [5.74, 6) is -1.40. The van der Waals surface area contributed by atoms with E-state index in [0.29, 0.717) is 12.0 Å². The molecule has 132 valence electrons. The molecule has 1 heterocycles. The molecular formula is C16H19BF4O3. The van der Waals surface area contributed by atoms with E-state index in [1.807, 2.05) is 27.7 Å². The summed E-state index contributed by atoms with van der Waals surface area (Å²) in [4.78, 5) is 0. The second-order valence-electron chi connectivity index (χ2n) is 7.36. The van der Waals surface area contributed by atoms with E-state index in [9.17, 15) is 17.6 Å². The van der Waals surface area contributed by atoms with Gasteiger partial charge in [0.1, 0.15) is 11.6 Å². The maximum atomic E-state index is 14.2. The van der Waals surface area contributed by atoms with Crippen LogP contribution in [0.4, 0.5) is 17.6 Å². The molecular weight excluding hydrogens is 327 g/mol. The molecule has 1 aliphatic carbocycles. The van der Waals surface area contributed by atoms with Gasteiger partial charge in [0.2, 0.25) is 0 Å². The van der Waals surface area contributed by atoms with Crippen molar-refractivity contribution in [3.8, 4) is 5.75 Å². The van der Waals surface area contributed by atoms with Gasteiger partial charge < -0.3 is 14.0 Å². The Morgan fingerprint density at radius 1 is 1.12 bits per heavy atom. The fourth-order valence-corrected chi connectivity index (χ4v) is 2.94.